The van der Waals surface area contributed by atoms with Gasteiger partial charge in [0.05, 0.1) is 24.4 Å². The molecule has 1 aliphatic heterocycles. The number of aliphatic hydroxyl groups is 1. The van der Waals surface area contributed by atoms with Gasteiger partial charge in [0, 0.05) is 49.9 Å². The third-order valence-electron chi connectivity index (χ3n) is 7.55. The molecule has 1 aromatic carbocycles. The summed E-state index contributed by atoms with van der Waals surface area (Å²) in [6.45, 7) is 1.79. The molecule has 2 fully saturated rings. The number of benzene rings is 1. The number of imidazole rings is 1. The molecule has 1 aliphatic carbocycles. The Morgan fingerprint density at radius 3 is 2.78 bits per heavy atom. The van der Waals surface area contributed by atoms with Gasteiger partial charge in [0.25, 0.3) is 5.91 Å². The number of aryl methyl sites for hydroxylation is 1. The summed E-state index contributed by atoms with van der Waals surface area (Å²) >= 11 is 0. The topological polar surface area (TPSA) is 97.4 Å². The van der Waals surface area contributed by atoms with Gasteiger partial charge in [0.2, 0.25) is 0 Å². The lowest BCUT2D eigenvalue weighted by molar-refractivity contribution is 0.0389. The molecule has 0 bridgehead atoms. The number of aromatic nitrogens is 4. The van der Waals surface area contributed by atoms with Gasteiger partial charge in [0.15, 0.2) is 5.82 Å². The number of ether oxygens (including phenoxy) is 1. The van der Waals surface area contributed by atoms with E-state index in [9.17, 15) is 9.90 Å². The summed E-state index contributed by atoms with van der Waals surface area (Å²) in [7, 11) is 5.46. The van der Waals surface area contributed by atoms with Crippen molar-refractivity contribution in [2.45, 2.75) is 38.0 Å². The van der Waals surface area contributed by atoms with Crippen LogP contribution in [0.3, 0.4) is 0 Å². The fourth-order valence-electron chi connectivity index (χ4n) is 5.46. The zero-order valence-corrected chi connectivity index (χ0v) is 22.2. The van der Waals surface area contributed by atoms with Crippen LogP contribution in [0.4, 0.5) is 0 Å². The van der Waals surface area contributed by atoms with E-state index in [0.717, 1.165) is 34.6 Å². The molecular formula is C27H33ClN6O3. The molecular weight excluding hydrogens is 492 g/mol. The van der Waals surface area contributed by atoms with Gasteiger partial charge in [-0.2, -0.15) is 0 Å². The quantitative estimate of drug-likeness (QED) is 0.402. The first-order valence-electron chi connectivity index (χ1n) is 12.6. The number of hydrogen-bond acceptors (Lipinski definition) is 6. The van der Waals surface area contributed by atoms with E-state index in [0.29, 0.717) is 42.3 Å². The summed E-state index contributed by atoms with van der Waals surface area (Å²) in [5.74, 6) is 1.96. The van der Waals surface area contributed by atoms with Gasteiger partial charge in [-0.05, 0) is 62.6 Å². The molecule has 6 rings (SSSR count). The number of amides is 1. The van der Waals surface area contributed by atoms with E-state index in [-0.39, 0.29) is 24.4 Å². The minimum atomic E-state index is -0.547. The second-order valence-corrected chi connectivity index (χ2v) is 10.1. The summed E-state index contributed by atoms with van der Waals surface area (Å²) < 4.78 is 10.1. The maximum Gasteiger partial charge on any atom is 0.254 e. The molecule has 2 N–H and O–H groups in total. The Kier molecular flexibility index (Phi) is 6.87. The average Bonchev–Trinajstić information content (AvgIpc) is 3.56. The van der Waals surface area contributed by atoms with Crippen LogP contribution in [0, 0.1) is 5.92 Å². The number of likely N-dealkylation sites (N-methyl/N-ethyl adjacent to an activating group) is 1. The first-order valence-corrected chi connectivity index (χ1v) is 12.6. The van der Waals surface area contributed by atoms with Gasteiger partial charge < -0.3 is 29.2 Å². The molecule has 196 valence electrons. The first-order chi connectivity index (χ1) is 17.5. The molecule has 1 saturated heterocycles. The summed E-state index contributed by atoms with van der Waals surface area (Å²) in [4.78, 5) is 24.8. The van der Waals surface area contributed by atoms with Crippen molar-refractivity contribution in [3.63, 3.8) is 0 Å². The molecule has 2 aliphatic rings. The smallest absolute Gasteiger partial charge is 0.254 e. The third kappa shape index (κ3) is 4.56. The van der Waals surface area contributed by atoms with Crippen LogP contribution in [0.5, 0.6) is 5.75 Å². The fraction of sp³-hybridized carbons (Fsp3) is 0.444. The summed E-state index contributed by atoms with van der Waals surface area (Å²) in [5.41, 5.74) is 4.03. The van der Waals surface area contributed by atoms with Crippen molar-refractivity contribution >= 4 is 40.4 Å². The highest BCUT2D eigenvalue weighted by molar-refractivity contribution is 6.00. The highest BCUT2D eigenvalue weighted by Gasteiger charge is 2.30. The van der Waals surface area contributed by atoms with Gasteiger partial charge in [-0.25, -0.2) is 9.97 Å². The van der Waals surface area contributed by atoms with Crippen molar-refractivity contribution in [2.75, 3.05) is 27.2 Å². The Bertz CT molecular complexity index is 1460. The van der Waals surface area contributed by atoms with Gasteiger partial charge in [0.1, 0.15) is 16.9 Å². The molecule has 4 heterocycles. The van der Waals surface area contributed by atoms with E-state index in [1.165, 1.54) is 12.8 Å². The molecule has 2 atom stereocenters. The molecule has 37 heavy (non-hydrogen) atoms. The number of methoxy groups -OCH3 is 1. The van der Waals surface area contributed by atoms with Crippen LogP contribution in [0.15, 0.2) is 36.5 Å². The van der Waals surface area contributed by atoms with Crippen LogP contribution < -0.4 is 10.1 Å². The lowest BCUT2D eigenvalue weighted by Gasteiger charge is -2.35. The number of piperidine rings is 1. The van der Waals surface area contributed by atoms with E-state index in [4.69, 9.17) is 9.72 Å². The zero-order chi connectivity index (χ0) is 25.0. The Morgan fingerprint density at radius 2 is 2.05 bits per heavy atom. The molecule has 10 heteroatoms. The number of fused-ring (bicyclic) bond motifs is 2. The maximum absolute atomic E-state index is 13.5. The number of nitrogens with zero attached hydrogens (tertiary/aromatic N) is 5. The minimum Gasteiger partial charge on any atom is -0.494 e. The monoisotopic (exact) mass is 524 g/mol. The summed E-state index contributed by atoms with van der Waals surface area (Å²) in [6, 6.07) is 9.88. The Balaban J connectivity index is 0.00000280. The Labute approximate surface area is 221 Å². The van der Waals surface area contributed by atoms with Gasteiger partial charge in [-0.3, -0.25) is 4.79 Å². The van der Waals surface area contributed by atoms with E-state index >= 15 is 0 Å². The molecule has 0 spiro atoms. The van der Waals surface area contributed by atoms with Crippen molar-refractivity contribution in [3.05, 3.63) is 42.1 Å². The van der Waals surface area contributed by atoms with Crippen molar-refractivity contribution < 1.29 is 14.6 Å². The van der Waals surface area contributed by atoms with E-state index in [1.807, 2.05) is 37.0 Å². The highest BCUT2D eigenvalue weighted by atomic mass is 35.5. The summed E-state index contributed by atoms with van der Waals surface area (Å²) in [5, 5.41) is 14.6. The van der Waals surface area contributed by atoms with Crippen LogP contribution in [-0.4, -0.2) is 74.4 Å². The van der Waals surface area contributed by atoms with E-state index in [1.54, 1.807) is 18.1 Å². The molecule has 0 radical (unpaired) electrons. The first kappa shape index (κ1) is 25.5. The average molecular weight is 525 g/mol. The fourth-order valence-corrected chi connectivity index (χ4v) is 5.46. The number of aliphatic hydroxyl groups excluding tert-OH is 1. The number of rotatable bonds is 6. The lowest BCUT2D eigenvalue weighted by atomic mass is 10.0. The SMILES string of the molecule is CN[C@H]1C[C@@H](O)CN(C(=O)c2cc(OC)c3c(c2)nc(-c2cc4cccnc4n2CC2CC2)n3C)C1.Cl. The highest BCUT2D eigenvalue weighted by Crippen LogP contribution is 2.37. The minimum absolute atomic E-state index is 0. The zero-order valence-electron chi connectivity index (χ0n) is 21.3. The lowest BCUT2D eigenvalue weighted by Crippen LogP contribution is -2.52. The van der Waals surface area contributed by atoms with Crippen molar-refractivity contribution in [1.82, 2.24) is 29.3 Å². The molecule has 3 aromatic heterocycles. The molecule has 1 amide bonds. The second kappa shape index (κ2) is 9.96. The number of hydrogen-bond donors (Lipinski definition) is 2. The van der Waals surface area contributed by atoms with Crippen molar-refractivity contribution in [3.8, 4) is 17.3 Å². The van der Waals surface area contributed by atoms with Gasteiger partial charge >= 0.3 is 0 Å². The van der Waals surface area contributed by atoms with Crippen molar-refractivity contribution in [1.29, 1.82) is 0 Å². The molecule has 1 saturated carbocycles. The largest absolute Gasteiger partial charge is 0.494 e. The van der Waals surface area contributed by atoms with Crippen molar-refractivity contribution in [2.24, 2.45) is 13.0 Å². The number of carbonyl (C=O) groups is 1. The Hall–Kier alpha value is -3.14. The standard InChI is InChI=1S/C27H32N6O3.ClH/c1-28-19-12-20(34)15-32(14-19)27(35)18-9-21-24(23(11-18)36-3)31(2)26(30-21)22-10-17-5-4-8-29-25(17)33(22)13-16-6-7-16;/h4-5,8-11,16,19-20,28,34H,6-7,12-15H2,1-3H3;1H/t19-,20+;/m0./s1. The predicted octanol–water partition coefficient (Wildman–Crippen LogP) is 3.23. The number of nitrogens with one attached hydrogen (secondary N) is 1. The number of likely N-dealkylation sites (tertiary alicyclic amines) is 1. The third-order valence-corrected chi connectivity index (χ3v) is 7.55. The van der Waals surface area contributed by atoms with Crippen LogP contribution >= 0.6 is 12.4 Å². The van der Waals surface area contributed by atoms with Crippen LogP contribution in [0.1, 0.15) is 29.6 Å². The van der Waals surface area contributed by atoms with E-state index < -0.39 is 6.10 Å². The number of pyridine rings is 1. The van der Waals surface area contributed by atoms with Crippen LogP contribution in [0.2, 0.25) is 0 Å². The number of β-amino-alcohol motifs (C(OH)–C–C–N with tert-alkyl or cyclic N) is 1. The van der Waals surface area contributed by atoms with Gasteiger partial charge in [-0.15, -0.1) is 12.4 Å². The van der Waals surface area contributed by atoms with Crippen LogP contribution in [0.25, 0.3) is 33.6 Å². The maximum atomic E-state index is 13.5. The number of halogens is 1. The molecule has 0 unspecified atom stereocenters. The number of carbonyl (C=O) groups excluding carboxylic acids is 1. The van der Waals surface area contributed by atoms with E-state index in [2.05, 4.69) is 27.0 Å². The van der Waals surface area contributed by atoms with Crippen LogP contribution in [-0.2, 0) is 13.6 Å². The Morgan fingerprint density at radius 1 is 1.24 bits per heavy atom. The van der Waals surface area contributed by atoms with Gasteiger partial charge in [-0.1, -0.05) is 0 Å². The molecule has 9 nitrogen and oxygen atoms in total. The normalized spacial score (nSPS) is 19.8. The predicted molar refractivity (Wildman–Crippen MR) is 145 cm³/mol. The molecule has 4 aromatic rings. The summed E-state index contributed by atoms with van der Waals surface area (Å²) in [6.07, 6.45) is 4.41. The second-order valence-electron chi connectivity index (χ2n) is 10.1.